The number of fused-ring (bicyclic) bond motifs is 1. The van der Waals surface area contributed by atoms with Crippen LogP contribution in [0.4, 0.5) is 0 Å². The average Bonchev–Trinajstić information content (AvgIpc) is 2.70. The molecular formula is C15H21NO2. The van der Waals surface area contributed by atoms with Crippen molar-refractivity contribution in [1.82, 2.24) is 4.98 Å². The fourth-order valence-electron chi connectivity index (χ4n) is 1.85. The minimum atomic E-state index is 0.0618. The minimum absolute atomic E-state index is 0.0618. The predicted octanol–water partition coefficient (Wildman–Crippen LogP) is 4.26. The van der Waals surface area contributed by atoms with Gasteiger partial charge >= 0.3 is 0 Å². The van der Waals surface area contributed by atoms with Crippen LogP contribution in [0.15, 0.2) is 16.5 Å². The Bertz CT molecular complexity index is 562. The third-order valence-corrected chi connectivity index (χ3v) is 3.06. The second kappa shape index (κ2) is 4.30. The molecule has 1 aromatic carbocycles. The lowest BCUT2D eigenvalue weighted by molar-refractivity contribution is 0.417. The molecule has 2 rings (SSSR count). The molecule has 3 heteroatoms. The second-order valence-corrected chi connectivity index (χ2v) is 5.98. The van der Waals surface area contributed by atoms with Crippen molar-refractivity contribution in [2.75, 3.05) is 7.11 Å². The number of rotatable bonds is 2. The van der Waals surface area contributed by atoms with Crippen LogP contribution in [0.25, 0.3) is 11.1 Å². The summed E-state index contributed by atoms with van der Waals surface area (Å²) in [6, 6.07) is 4.12. The summed E-state index contributed by atoms with van der Waals surface area (Å²) in [6.45, 7) is 10.7. The largest absolute Gasteiger partial charge is 0.494 e. The maximum Gasteiger partial charge on any atom is 0.198 e. The Kier molecular flexibility index (Phi) is 3.09. The molecule has 0 aliphatic heterocycles. The molecule has 1 heterocycles. The monoisotopic (exact) mass is 247 g/mol. The van der Waals surface area contributed by atoms with Crippen molar-refractivity contribution in [2.24, 2.45) is 0 Å². The number of hydrogen-bond donors (Lipinski definition) is 0. The van der Waals surface area contributed by atoms with Gasteiger partial charge in [0.2, 0.25) is 0 Å². The fourth-order valence-corrected chi connectivity index (χ4v) is 1.85. The van der Waals surface area contributed by atoms with E-state index in [1.807, 2.05) is 0 Å². The second-order valence-electron chi connectivity index (χ2n) is 5.98. The van der Waals surface area contributed by atoms with Gasteiger partial charge in [0.1, 0.15) is 5.75 Å². The van der Waals surface area contributed by atoms with Crippen molar-refractivity contribution in [3.63, 3.8) is 0 Å². The third kappa shape index (κ3) is 2.22. The topological polar surface area (TPSA) is 35.3 Å². The quantitative estimate of drug-likeness (QED) is 0.795. The molecule has 2 aromatic rings. The smallest absolute Gasteiger partial charge is 0.198 e. The molecule has 18 heavy (non-hydrogen) atoms. The standard InChI is InChI=1S/C15H21NO2/c1-9(2)14-16-13-11(17-6)7-10(15(3,4)5)8-12(13)18-14/h7-9H,1-6H3. The van der Waals surface area contributed by atoms with Crippen LogP contribution in [0, 0.1) is 0 Å². The molecule has 98 valence electrons. The van der Waals surface area contributed by atoms with Crippen LogP contribution < -0.4 is 4.74 Å². The normalized spacial score (nSPS) is 12.4. The number of ether oxygens (including phenoxy) is 1. The van der Waals surface area contributed by atoms with E-state index < -0.39 is 0 Å². The van der Waals surface area contributed by atoms with Gasteiger partial charge < -0.3 is 9.15 Å². The first-order valence-electron chi connectivity index (χ1n) is 6.32. The van der Waals surface area contributed by atoms with Gasteiger partial charge in [-0.2, -0.15) is 0 Å². The number of hydrogen-bond acceptors (Lipinski definition) is 3. The lowest BCUT2D eigenvalue weighted by Crippen LogP contribution is -2.11. The zero-order valence-electron chi connectivity index (χ0n) is 12.0. The molecule has 0 aliphatic carbocycles. The summed E-state index contributed by atoms with van der Waals surface area (Å²) in [6.07, 6.45) is 0. The first-order chi connectivity index (χ1) is 8.32. The molecule has 0 saturated carbocycles. The molecule has 0 amide bonds. The van der Waals surface area contributed by atoms with Gasteiger partial charge in [0, 0.05) is 5.92 Å². The van der Waals surface area contributed by atoms with E-state index in [0.29, 0.717) is 0 Å². The Hall–Kier alpha value is -1.51. The molecule has 0 radical (unpaired) electrons. The van der Waals surface area contributed by atoms with Crippen LogP contribution in [0.2, 0.25) is 0 Å². The Labute approximate surface area is 108 Å². The predicted molar refractivity (Wildman–Crippen MR) is 73.4 cm³/mol. The Morgan fingerprint density at radius 1 is 1.22 bits per heavy atom. The number of methoxy groups -OCH3 is 1. The van der Waals surface area contributed by atoms with Gasteiger partial charge in [0.15, 0.2) is 17.0 Å². The van der Waals surface area contributed by atoms with Gasteiger partial charge in [-0.15, -0.1) is 0 Å². The van der Waals surface area contributed by atoms with Crippen LogP contribution in [0.5, 0.6) is 5.75 Å². The van der Waals surface area contributed by atoms with Crippen molar-refractivity contribution in [1.29, 1.82) is 0 Å². The highest BCUT2D eigenvalue weighted by Crippen LogP contribution is 2.34. The first kappa shape index (κ1) is 12.9. The lowest BCUT2D eigenvalue weighted by atomic mass is 9.87. The Morgan fingerprint density at radius 3 is 2.39 bits per heavy atom. The van der Waals surface area contributed by atoms with Crippen molar-refractivity contribution < 1.29 is 9.15 Å². The van der Waals surface area contributed by atoms with Gasteiger partial charge in [-0.25, -0.2) is 4.98 Å². The van der Waals surface area contributed by atoms with Crippen LogP contribution in [0.3, 0.4) is 0 Å². The van der Waals surface area contributed by atoms with Crippen LogP contribution in [0.1, 0.15) is 52.0 Å². The maximum absolute atomic E-state index is 5.82. The zero-order valence-corrected chi connectivity index (χ0v) is 12.0. The van der Waals surface area contributed by atoms with Gasteiger partial charge in [-0.3, -0.25) is 0 Å². The summed E-state index contributed by atoms with van der Waals surface area (Å²) in [5.74, 6) is 1.82. The first-order valence-corrected chi connectivity index (χ1v) is 6.32. The number of oxazole rings is 1. The molecule has 0 unspecified atom stereocenters. The van der Waals surface area contributed by atoms with Crippen LogP contribution in [-0.2, 0) is 5.41 Å². The molecule has 1 aromatic heterocycles. The minimum Gasteiger partial charge on any atom is -0.494 e. The summed E-state index contributed by atoms with van der Waals surface area (Å²) >= 11 is 0. The Morgan fingerprint density at radius 2 is 1.89 bits per heavy atom. The summed E-state index contributed by atoms with van der Waals surface area (Å²) < 4.78 is 11.3. The van der Waals surface area contributed by atoms with E-state index in [2.05, 4.69) is 51.7 Å². The SMILES string of the molecule is COc1cc(C(C)(C)C)cc2oc(C(C)C)nc12. The zero-order chi connectivity index (χ0) is 13.5. The van der Waals surface area contributed by atoms with Gasteiger partial charge in [-0.1, -0.05) is 34.6 Å². The maximum atomic E-state index is 5.82. The van der Waals surface area contributed by atoms with Crippen LogP contribution in [-0.4, -0.2) is 12.1 Å². The highest BCUT2D eigenvalue weighted by Gasteiger charge is 2.20. The highest BCUT2D eigenvalue weighted by atomic mass is 16.5. The van der Waals surface area contributed by atoms with E-state index in [0.717, 1.165) is 22.7 Å². The van der Waals surface area contributed by atoms with Gasteiger partial charge in [-0.05, 0) is 23.1 Å². The van der Waals surface area contributed by atoms with Gasteiger partial charge in [0.25, 0.3) is 0 Å². The Balaban J connectivity index is 2.68. The van der Waals surface area contributed by atoms with E-state index in [4.69, 9.17) is 9.15 Å². The van der Waals surface area contributed by atoms with Crippen molar-refractivity contribution in [3.05, 3.63) is 23.6 Å². The lowest BCUT2D eigenvalue weighted by Gasteiger charge is -2.19. The summed E-state index contributed by atoms with van der Waals surface area (Å²) in [4.78, 5) is 4.51. The molecule has 3 nitrogen and oxygen atoms in total. The van der Waals surface area contributed by atoms with Gasteiger partial charge in [0.05, 0.1) is 7.11 Å². The molecule has 0 bridgehead atoms. The van der Waals surface area contributed by atoms with E-state index in [1.54, 1.807) is 7.11 Å². The molecule has 0 atom stereocenters. The van der Waals surface area contributed by atoms with Crippen molar-refractivity contribution >= 4 is 11.1 Å². The molecular weight excluding hydrogens is 226 g/mol. The number of aromatic nitrogens is 1. The summed E-state index contributed by atoms with van der Waals surface area (Å²) in [7, 11) is 1.67. The number of benzene rings is 1. The summed E-state index contributed by atoms with van der Waals surface area (Å²) in [5.41, 5.74) is 2.88. The van der Waals surface area contributed by atoms with Crippen LogP contribution >= 0.6 is 0 Å². The summed E-state index contributed by atoms with van der Waals surface area (Å²) in [5, 5.41) is 0. The highest BCUT2D eigenvalue weighted by molar-refractivity contribution is 5.81. The van der Waals surface area contributed by atoms with Crippen molar-refractivity contribution in [3.8, 4) is 5.75 Å². The third-order valence-electron chi connectivity index (χ3n) is 3.06. The molecule has 0 fully saturated rings. The molecule has 0 N–H and O–H groups in total. The molecule has 0 aliphatic rings. The van der Waals surface area contributed by atoms with E-state index >= 15 is 0 Å². The average molecular weight is 247 g/mol. The van der Waals surface area contributed by atoms with E-state index in [9.17, 15) is 0 Å². The molecule has 0 saturated heterocycles. The van der Waals surface area contributed by atoms with Crippen molar-refractivity contribution in [2.45, 2.75) is 46.0 Å². The fraction of sp³-hybridized carbons (Fsp3) is 0.533. The molecule has 0 spiro atoms. The number of nitrogens with zero attached hydrogens (tertiary/aromatic N) is 1. The van der Waals surface area contributed by atoms with E-state index in [1.165, 1.54) is 5.56 Å². The van der Waals surface area contributed by atoms with E-state index in [-0.39, 0.29) is 11.3 Å².